The standard InChI is InChI=1S/C15H24O11/c1-13(21)9(18)8(17)11(26-15(13,23)12(19)20)25-10-7-6(16)2-3-14(7,22)4-5-24-10/h4-12,16-23H,2-3H2,1H3. The second-order valence-electron chi connectivity index (χ2n) is 7.21. The van der Waals surface area contributed by atoms with Gasteiger partial charge in [0.25, 0.3) is 5.79 Å². The lowest BCUT2D eigenvalue weighted by atomic mass is 9.82. The molecule has 1 saturated heterocycles. The topological polar surface area (TPSA) is 190 Å². The zero-order valence-electron chi connectivity index (χ0n) is 13.9. The van der Waals surface area contributed by atoms with Gasteiger partial charge < -0.3 is 55.1 Å². The van der Waals surface area contributed by atoms with E-state index in [4.69, 9.17) is 14.2 Å². The molecule has 11 heteroatoms. The molecule has 0 aromatic rings. The van der Waals surface area contributed by atoms with E-state index in [1.165, 1.54) is 6.08 Å². The average Bonchev–Trinajstić information content (AvgIpc) is 2.87. The molecule has 2 fully saturated rings. The summed E-state index contributed by atoms with van der Waals surface area (Å²) in [5, 5.41) is 80.1. The Bertz CT molecular complexity index is 566. The molecule has 1 aliphatic carbocycles. The van der Waals surface area contributed by atoms with E-state index in [2.05, 4.69) is 0 Å². The summed E-state index contributed by atoms with van der Waals surface area (Å²) in [6, 6.07) is 0. The molecule has 0 spiro atoms. The Labute approximate surface area is 148 Å². The summed E-state index contributed by atoms with van der Waals surface area (Å²) >= 11 is 0. The minimum atomic E-state index is -3.09. The summed E-state index contributed by atoms with van der Waals surface area (Å²) in [4.78, 5) is 0. The number of aliphatic hydroxyl groups is 8. The predicted molar refractivity (Wildman–Crippen MR) is 79.5 cm³/mol. The van der Waals surface area contributed by atoms with Crippen molar-refractivity contribution in [3.8, 4) is 0 Å². The maximum atomic E-state index is 10.5. The molecule has 8 N–H and O–H groups in total. The van der Waals surface area contributed by atoms with Crippen LogP contribution < -0.4 is 0 Å². The van der Waals surface area contributed by atoms with Crippen LogP contribution in [0.5, 0.6) is 0 Å². The highest BCUT2D eigenvalue weighted by atomic mass is 16.8. The van der Waals surface area contributed by atoms with Crippen molar-refractivity contribution in [3.05, 3.63) is 12.3 Å². The Morgan fingerprint density at radius 1 is 1.12 bits per heavy atom. The fraction of sp³-hybridized carbons (Fsp3) is 0.867. The molecule has 26 heavy (non-hydrogen) atoms. The highest BCUT2D eigenvalue weighted by molar-refractivity contribution is 5.13. The van der Waals surface area contributed by atoms with Crippen LogP contribution in [0.4, 0.5) is 0 Å². The van der Waals surface area contributed by atoms with Gasteiger partial charge in [-0.05, 0) is 25.8 Å². The predicted octanol–water partition coefficient (Wildman–Crippen LogP) is -3.80. The SMILES string of the molecule is CC1(O)C(O)C(O)C(OC2OC=CC3(O)CCC(O)C23)OC1(O)C(O)O. The molecular weight excluding hydrogens is 356 g/mol. The van der Waals surface area contributed by atoms with Crippen molar-refractivity contribution in [2.75, 3.05) is 0 Å². The number of ether oxygens (including phenoxy) is 3. The third-order valence-electron chi connectivity index (χ3n) is 5.51. The molecule has 150 valence electrons. The number of aliphatic hydroxyl groups excluding tert-OH is 4. The summed E-state index contributed by atoms with van der Waals surface area (Å²) in [6.07, 6.45) is -7.83. The number of fused-ring (bicyclic) bond motifs is 1. The van der Waals surface area contributed by atoms with Gasteiger partial charge in [-0.2, -0.15) is 0 Å². The maximum absolute atomic E-state index is 10.5. The van der Waals surface area contributed by atoms with Crippen LogP contribution in [0.1, 0.15) is 19.8 Å². The quantitative estimate of drug-likeness (QED) is 0.224. The Kier molecular flexibility index (Phi) is 4.85. The summed E-state index contributed by atoms with van der Waals surface area (Å²) in [5.74, 6) is -4.04. The molecule has 11 nitrogen and oxygen atoms in total. The Hall–Kier alpha value is -0.860. The van der Waals surface area contributed by atoms with Crippen LogP contribution in [0.25, 0.3) is 0 Å². The van der Waals surface area contributed by atoms with Crippen LogP contribution in [-0.4, -0.2) is 95.0 Å². The van der Waals surface area contributed by atoms with Crippen LogP contribution in [0.3, 0.4) is 0 Å². The van der Waals surface area contributed by atoms with E-state index in [1.807, 2.05) is 0 Å². The van der Waals surface area contributed by atoms with Crippen LogP contribution in [0.15, 0.2) is 12.3 Å². The Morgan fingerprint density at radius 2 is 1.77 bits per heavy atom. The minimum absolute atomic E-state index is 0.239. The molecule has 1 saturated carbocycles. The molecule has 0 amide bonds. The van der Waals surface area contributed by atoms with Crippen molar-refractivity contribution >= 4 is 0 Å². The van der Waals surface area contributed by atoms with Crippen molar-refractivity contribution in [1.82, 2.24) is 0 Å². The smallest absolute Gasteiger partial charge is 0.252 e. The molecule has 0 aromatic heterocycles. The molecule has 0 bridgehead atoms. The number of rotatable bonds is 3. The highest BCUT2D eigenvalue weighted by Gasteiger charge is 2.65. The fourth-order valence-electron chi connectivity index (χ4n) is 3.73. The summed E-state index contributed by atoms with van der Waals surface area (Å²) < 4.78 is 15.6. The van der Waals surface area contributed by atoms with Gasteiger partial charge in [-0.3, -0.25) is 0 Å². The molecule has 9 unspecified atom stereocenters. The molecule has 0 radical (unpaired) electrons. The van der Waals surface area contributed by atoms with E-state index in [1.54, 1.807) is 0 Å². The van der Waals surface area contributed by atoms with E-state index >= 15 is 0 Å². The van der Waals surface area contributed by atoms with Crippen LogP contribution in [0, 0.1) is 5.92 Å². The van der Waals surface area contributed by atoms with E-state index < -0.39 is 60.1 Å². The van der Waals surface area contributed by atoms with Gasteiger partial charge in [-0.1, -0.05) is 0 Å². The second kappa shape index (κ2) is 6.34. The normalized spacial score (nSPS) is 54.2. The largest absolute Gasteiger partial charge is 0.472 e. The van der Waals surface area contributed by atoms with Gasteiger partial charge >= 0.3 is 0 Å². The third kappa shape index (κ3) is 2.76. The first-order valence-electron chi connectivity index (χ1n) is 8.18. The molecule has 0 aromatic carbocycles. The minimum Gasteiger partial charge on any atom is -0.472 e. The first-order chi connectivity index (χ1) is 11.9. The molecule has 3 aliphatic rings. The monoisotopic (exact) mass is 380 g/mol. The van der Waals surface area contributed by atoms with Crippen molar-refractivity contribution < 1.29 is 55.1 Å². The van der Waals surface area contributed by atoms with Crippen LogP contribution >= 0.6 is 0 Å². The zero-order valence-corrected chi connectivity index (χ0v) is 13.9. The van der Waals surface area contributed by atoms with Gasteiger partial charge in [0.15, 0.2) is 6.29 Å². The van der Waals surface area contributed by atoms with Crippen molar-refractivity contribution in [2.24, 2.45) is 5.92 Å². The van der Waals surface area contributed by atoms with E-state index in [0.29, 0.717) is 0 Å². The van der Waals surface area contributed by atoms with Gasteiger partial charge in [0.2, 0.25) is 12.6 Å². The first kappa shape index (κ1) is 19.9. The van der Waals surface area contributed by atoms with Crippen molar-refractivity contribution in [3.63, 3.8) is 0 Å². The van der Waals surface area contributed by atoms with E-state index in [9.17, 15) is 40.9 Å². The summed E-state index contributed by atoms with van der Waals surface area (Å²) in [7, 11) is 0. The lowest BCUT2D eigenvalue weighted by molar-refractivity contribution is -0.470. The maximum Gasteiger partial charge on any atom is 0.252 e. The second-order valence-corrected chi connectivity index (χ2v) is 7.21. The molecule has 3 rings (SSSR count). The first-order valence-corrected chi connectivity index (χ1v) is 8.18. The zero-order chi connectivity index (χ0) is 19.5. The summed E-state index contributed by atoms with van der Waals surface area (Å²) in [6.45, 7) is 0.843. The fourth-order valence-corrected chi connectivity index (χ4v) is 3.73. The van der Waals surface area contributed by atoms with Gasteiger partial charge in [0, 0.05) is 0 Å². The van der Waals surface area contributed by atoms with Crippen molar-refractivity contribution in [1.29, 1.82) is 0 Å². The number of hydrogen-bond donors (Lipinski definition) is 8. The van der Waals surface area contributed by atoms with Gasteiger partial charge in [-0.15, -0.1) is 0 Å². The van der Waals surface area contributed by atoms with E-state index in [0.717, 1.165) is 13.2 Å². The van der Waals surface area contributed by atoms with Crippen LogP contribution in [-0.2, 0) is 14.2 Å². The average molecular weight is 380 g/mol. The van der Waals surface area contributed by atoms with Gasteiger partial charge in [-0.25, -0.2) is 0 Å². The van der Waals surface area contributed by atoms with Crippen LogP contribution in [0.2, 0.25) is 0 Å². The molecule has 9 atom stereocenters. The number of hydrogen-bond acceptors (Lipinski definition) is 11. The molecule has 2 heterocycles. The van der Waals surface area contributed by atoms with Crippen molar-refractivity contribution in [2.45, 2.75) is 73.9 Å². The van der Waals surface area contributed by atoms with Gasteiger partial charge in [0.1, 0.15) is 17.8 Å². The summed E-state index contributed by atoms with van der Waals surface area (Å²) in [5.41, 5.74) is -4.07. The molecule has 2 aliphatic heterocycles. The Balaban J connectivity index is 1.84. The Morgan fingerprint density at radius 3 is 2.38 bits per heavy atom. The lowest BCUT2D eigenvalue weighted by Crippen LogP contribution is -2.75. The lowest BCUT2D eigenvalue weighted by Gasteiger charge is -2.52. The van der Waals surface area contributed by atoms with E-state index in [-0.39, 0.29) is 12.8 Å². The highest BCUT2D eigenvalue weighted by Crippen LogP contribution is 2.45. The molecular formula is C15H24O11. The third-order valence-corrected chi connectivity index (χ3v) is 5.51. The van der Waals surface area contributed by atoms with Gasteiger partial charge in [0.05, 0.1) is 23.9 Å².